The van der Waals surface area contributed by atoms with E-state index in [1.165, 1.54) is 5.56 Å². The maximum Gasteiger partial charge on any atom is 0.222 e. The molecule has 1 N–H and O–H groups in total. The molecule has 0 bridgehead atoms. The minimum atomic E-state index is 0.378. The van der Waals surface area contributed by atoms with Crippen LogP contribution in [0.1, 0.15) is 35.7 Å². The molecule has 1 saturated heterocycles. The van der Waals surface area contributed by atoms with Gasteiger partial charge in [-0.15, -0.1) is 0 Å². The fourth-order valence-electron chi connectivity index (χ4n) is 5.08. The number of methoxy groups -OCH3 is 1. The zero-order chi connectivity index (χ0) is 25.2. The number of hydrogen-bond donors (Lipinski definition) is 1. The molecule has 0 saturated carbocycles. The smallest absolute Gasteiger partial charge is 0.222 e. The Balaban J connectivity index is 1.09. The number of fused-ring (bicyclic) bond motifs is 1. The summed E-state index contributed by atoms with van der Waals surface area (Å²) in [5.74, 6) is 2.62. The molecule has 0 unspecified atom stereocenters. The number of hydrogen-bond acceptors (Lipinski definition) is 7. The summed E-state index contributed by atoms with van der Waals surface area (Å²) >= 11 is 0. The molecule has 37 heavy (non-hydrogen) atoms. The number of ether oxygens (including phenoxy) is 1. The van der Waals surface area contributed by atoms with Gasteiger partial charge in [-0.1, -0.05) is 30.3 Å². The largest absolute Gasteiger partial charge is 0.481 e. The van der Waals surface area contributed by atoms with Gasteiger partial charge < -0.3 is 4.74 Å². The van der Waals surface area contributed by atoms with E-state index >= 15 is 0 Å². The summed E-state index contributed by atoms with van der Waals surface area (Å²) in [6.07, 6.45) is 5.62. The number of piperidine rings is 1. The van der Waals surface area contributed by atoms with E-state index in [1.54, 1.807) is 19.5 Å². The Kier molecular flexibility index (Phi) is 6.32. The van der Waals surface area contributed by atoms with Gasteiger partial charge in [-0.3, -0.25) is 15.0 Å². The molecule has 8 nitrogen and oxygen atoms in total. The third-order valence-electron chi connectivity index (χ3n) is 7.09. The second kappa shape index (κ2) is 10.1. The standard InChI is InChI=1S/C29H29N7O/c1-19-17-23-24(10-14-31-29(23)37-2)32-26(19)21-8-6-20(7-9-21)18-36-15-11-22(12-16-36)27-33-28(35-34-27)25-5-3-4-13-30-25/h3-10,13-14,17,22H,11-12,15-16,18H2,1-2H3,(H,33,34,35). The number of nitrogens with one attached hydrogen (secondary N) is 1. The topological polar surface area (TPSA) is 92.7 Å². The van der Waals surface area contributed by atoms with E-state index in [0.717, 1.165) is 77.5 Å². The van der Waals surface area contributed by atoms with Crippen LogP contribution < -0.4 is 4.74 Å². The van der Waals surface area contributed by atoms with Crippen LogP contribution in [0.5, 0.6) is 5.88 Å². The van der Waals surface area contributed by atoms with Gasteiger partial charge in [-0.25, -0.2) is 15.0 Å². The van der Waals surface area contributed by atoms with Crippen LogP contribution in [-0.2, 0) is 6.54 Å². The van der Waals surface area contributed by atoms with Gasteiger partial charge in [-0.05, 0) is 68.2 Å². The summed E-state index contributed by atoms with van der Waals surface area (Å²) < 4.78 is 5.40. The van der Waals surface area contributed by atoms with Crippen LogP contribution in [0, 0.1) is 6.92 Å². The van der Waals surface area contributed by atoms with Gasteiger partial charge in [0.15, 0.2) is 11.6 Å². The number of aromatic amines is 1. The highest BCUT2D eigenvalue weighted by Crippen LogP contribution is 2.30. The highest BCUT2D eigenvalue weighted by atomic mass is 16.5. The zero-order valence-corrected chi connectivity index (χ0v) is 21.1. The molecule has 8 heteroatoms. The first-order valence-corrected chi connectivity index (χ1v) is 12.6. The third-order valence-corrected chi connectivity index (χ3v) is 7.09. The van der Waals surface area contributed by atoms with E-state index in [-0.39, 0.29) is 0 Å². The molecule has 1 aliphatic rings. The highest BCUT2D eigenvalue weighted by Gasteiger charge is 2.24. The van der Waals surface area contributed by atoms with Crippen LogP contribution in [0.2, 0.25) is 0 Å². The van der Waals surface area contributed by atoms with Crippen LogP contribution in [0.3, 0.4) is 0 Å². The summed E-state index contributed by atoms with van der Waals surface area (Å²) in [6, 6.07) is 18.6. The van der Waals surface area contributed by atoms with Gasteiger partial charge >= 0.3 is 0 Å². The van der Waals surface area contributed by atoms with Crippen LogP contribution in [0.4, 0.5) is 0 Å². The molecule has 0 amide bonds. The van der Waals surface area contributed by atoms with E-state index in [0.29, 0.717) is 11.8 Å². The minimum Gasteiger partial charge on any atom is -0.481 e. The number of likely N-dealkylation sites (tertiary alicyclic amines) is 1. The Hall–Kier alpha value is -4.17. The second-order valence-corrected chi connectivity index (χ2v) is 9.55. The molecule has 0 radical (unpaired) electrons. The molecule has 1 aromatic carbocycles. The van der Waals surface area contributed by atoms with Crippen molar-refractivity contribution >= 4 is 10.9 Å². The van der Waals surface area contributed by atoms with E-state index in [2.05, 4.69) is 62.3 Å². The van der Waals surface area contributed by atoms with E-state index in [4.69, 9.17) is 14.7 Å². The van der Waals surface area contributed by atoms with Crippen molar-refractivity contribution in [2.45, 2.75) is 32.2 Å². The summed E-state index contributed by atoms with van der Waals surface area (Å²) in [4.78, 5) is 20.8. The SMILES string of the molecule is COc1nccc2nc(-c3ccc(CN4CCC(c5n[nH]c(-c6ccccn6)n5)CC4)cc3)c(C)cc12. The Labute approximate surface area is 215 Å². The molecule has 1 fully saturated rings. The van der Waals surface area contributed by atoms with Crippen LogP contribution in [0.25, 0.3) is 33.7 Å². The molecular formula is C29H29N7O. The summed E-state index contributed by atoms with van der Waals surface area (Å²) in [7, 11) is 1.64. The van der Waals surface area contributed by atoms with Crippen molar-refractivity contribution in [3.05, 3.63) is 83.9 Å². The lowest BCUT2D eigenvalue weighted by atomic mass is 9.95. The average Bonchev–Trinajstić information content (AvgIpc) is 3.44. The molecule has 1 aliphatic heterocycles. The Morgan fingerprint density at radius 2 is 1.81 bits per heavy atom. The maximum atomic E-state index is 5.40. The lowest BCUT2D eigenvalue weighted by Crippen LogP contribution is -2.32. The Bertz CT molecular complexity index is 1510. The maximum absolute atomic E-state index is 5.40. The number of benzene rings is 1. The molecular weight excluding hydrogens is 462 g/mol. The van der Waals surface area contributed by atoms with Crippen molar-refractivity contribution in [1.29, 1.82) is 0 Å². The zero-order valence-electron chi connectivity index (χ0n) is 21.1. The fourth-order valence-corrected chi connectivity index (χ4v) is 5.08. The summed E-state index contributed by atoms with van der Waals surface area (Å²) in [6.45, 7) is 5.08. The molecule has 6 rings (SSSR count). The average molecular weight is 492 g/mol. The molecule has 4 aromatic heterocycles. The lowest BCUT2D eigenvalue weighted by molar-refractivity contribution is 0.202. The lowest BCUT2D eigenvalue weighted by Gasteiger charge is -2.30. The number of nitrogens with zero attached hydrogens (tertiary/aromatic N) is 6. The Morgan fingerprint density at radius 1 is 0.973 bits per heavy atom. The predicted octanol–water partition coefficient (Wildman–Crippen LogP) is 5.17. The number of pyridine rings is 3. The Morgan fingerprint density at radius 3 is 2.57 bits per heavy atom. The van der Waals surface area contributed by atoms with Gasteiger partial charge in [-0.2, -0.15) is 5.10 Å². The second-order valence-electron chi connectivity index (χ2n) is 9.55. The molecule has 0 spiro atoms. The van der Waals surface area contributed by atoms with Crippen LogP contribution in [-0.4, -0.2) is 55.2 Å². The van der Waals surface area contributed by atoms with E-state index < -0.39 is 0 Å². The monoisotopic (exact) mass is 491 g/mol. The van der Waals surface area contributed by atoms with Crippen molar-refractivity contribution in [3.8, 4) is 28.7 Å². The van der Waals surface area contributed by atoms with Crippen molar-refractivity contribution in [3.63, 3.8) is 0 Å². The number of H-pyrrole nitrogens is 1. The highest BCUT2D eigenvalue weighted by molar-refractivity contribution is 5.87. The van der Waals surface area contributed by atoms with Gasteiger partial charge in [0.05, 0.1) is 23.7 Å². The predicted molar refractivity (Wildman–Crippen MR) is 143 cm³/mol. The van der Waals surface area contributed by atoms with E-state index in [9.17, 15) is 0 Å². The van der Waals surface area contributed by atoms with Gasteiger partial charge in [0.1, 0.15) is 5.69 Å². The van der Waals surface area contributed by atoms with Gasteiger partial charge in [0.2, 0.25) is 5.88 Å². The van der Waals surface area contributed by atoms with Crippen molar-refractivity contribution < 1.29 is 4.74 Å². The first-order valence-electron chi connectivity index (χ1n) is 12.6. The van der Waals surface area contributed by atoms with Crippen LogP contribution >= 0.6 is 0 Å². The van der Waals surface area contributed by atoms with Crippen molar-refractivity contribution in [2.24, 2.45) is 0 Å². The van der Waals surface area contributed by atoms with Crippen LogP contribution in [0.15, 0.2) is 67.0 Å². The number of rotatable bonds is 6. The van der Waals surface area contributed by atoms with Crippen molar-refractivity contribution in [2.75, 3.05) is 20.2 Å². The molecule has 5 aromatic rings. The van der Waals surface area contributed by atoms with Gasteiger partial charge in [0, 0.05) is 30.4 Å². The summed E-state index contributed by atoms with van der Waals surface area (Å²) in [5, 5.41) is 8.48. The molecule has 186 valence electrons. The quantitative estimate of drug-likeness (QED) is 0.350. The molecule has 0 aliphatic carbocycles. The summed E-state index contributed by atoms with van der Waals surface area (Å²) in [5.41, 5.74) is 6.23. The number of aromatic nitrogens is 6. The van der Waals surface area contributed by atoms with Crippen molar-refractivity contribution in [1.82, 2.24) is 35.0 Å². The normalized spacial score (nSPS) is 14.8. The molecule has 5 heterocycles. The first kappa shape index (κ1) is 23.2. The molecule has 0 atom stereocenters. The first-order chi connectivity index (χ1) is 18.2. The minimum absolute atomic E-state index is 0.378. The van der Waals surface area contributed by atoms with Gasteiger partial charge in [0.25, 0.3) is 0 Å². The van der Waals surface area contributed by atoms with E-state index in [1.807, 2.05) is 24.3 Å². The number of aryl methyl sites for hydroxylation is 1. The third kappa shape index (κ3) is 4.80. The fraction of sp³-hybridized carbons (Fsp3) is 0.276.